The minimum absolute atomic E-state index is 0.443. The van der Waals surface area contributed by atoms with Crippen molar-refractivity contribution in [1.29, 1.82) is 0 Å². The van der Waals surface area contributed by atoms with E-state index >= 15 is 0 Å². The maximum absolute atomic E-state index is 5.74. The summed E-state index contributed by atoms with van der Waals surface area (Å²) in [6, 6.07) is 0.573. The molecule has 0 spiro atoms. The third-order valence-corrected chi connectivity index (χ3v) is 3.07. The van der Waals surface area contributed by atoms with Gasteiger partial charge in [-0.3, -0.25) is 0 Å². The average Bonchev–Trinajstić information content (AvgIpc) is 2.47. The second-order valence-corrected chi connectivity index (χ2v) is 6.03. The molecule has 0 amide bonds. The molecule has 0 radical (unpaired) electrons. The number of rotatable bonds is 5. The number of nitrogens with one attached hydrogen (secondary N) is 1. The highest BCUT2D eigenvalue weighted by Crippen LogP contribution is 2.18. The van der Waals surface area contributed by atoms with Crippen LogP contribution in [0.1, 0.15) is 40.0 Å². The van der Waals surface area contributed by atoms with Gasteiger partial charge in [0.05, 0.1) is 12.2 Å². The second-order valence-electron chi connectivity index (χ2n) is 4.47. The van der Waals surface area contributed by atoms with E-state index in [9.17, 15) is 0 Å². The Morgan fingerprint density at radius 1 is 1.43 bits per heavy atom. The van der Waals surface area contributed by atoms with E-state index in [0.29, 0.717) is 23.1 Å². The van der Waals surface area contributed by atoms with Crippen LogP contribution in [0.15, 0.2) is 0 Å². The molecule has 1 saturated heterocycles. The zero-order valence-electron chi connectivity index (χ0n) is 9.42. The number of halogens is 1. The van der Waals surface area contributed by atoms with Crippen molar-refractivity contribution in [2.75, 3.05) is 6.54 Å². The van der Waals surface area contributed by atoms with Gasteiger partial charge in [-0.1, -0.05) is 22.9 Å². The molecule has 1 fully saturated rings. The molecule has 0 aromatic carbocycles. The van der Waals surface area contributed by atoms with Crippen molar-refractivity contribution in [2.24, 2.45) is 0 Å². The van der Waals surface area contributed by atoms with E-state index in [1.807, 2.05) is 0 Å². The van der Waals surface area contributed by atoms with Gasteiger partial charge in [0, 0.05) is 17.4 Å². The van der Waals surface area contributed by atoms with Crippen LogP contribution < -0.4 is 5.32 Å². The van der Waals surface area contributed by atoms with Gasteiger partial charge in [0.2, 0.25) is 0 Å². The maximum Gasteiger partial charge on any atom is 0.0704 e. The quantitative estimate of drug-likeness (QED) is 0.771. The highest BCUT2D eigenvalue weighted by atomic mass is 79.9. The van der Waals surface area contributed by atoms with Crippen molar-refractivity contribution in [2.45, 2.75) is 63.1 Å². The zero-order chi connectivity index (χ0) is 10.6. The molecule has 0 aliphatic carbocycles. The maximum atomic E-state index is 5.74. The van der Waals surface area contributed by atoms with E-state index in [-0.39, 0.29) is 0 Å². The van der Waals surface area contributed by atoms with E-state index in [2.05, 4.69) is 42.0 Å². The first-order chi connectivity index (χ1) is 6.58. The first kappa shape index (κ1) is 12.5. The van der Waals surface area contributed by atoms with Crippen LogP contribution in [-0.4, -0.2) is 29.6 Å². The van der Waals surface area contributed by atoms with Crippen molar-refractivity contribution in [1.82, 2.24) is 5.32 Å². The van der Waals surface area contributed by atoms with Gasteiger partial charge < -0.3 is 10.1 Å². The topological polar surface area (TPSA) is 21.3 Å². The van der Waals surface area contributed by atoms with Crippen molar-refractivity contribution >= 4 is 15.9 Å². The molecule has 1 heterocycles. The first-order valence-corrected chi connectivity index (χ1v) is 6.52. The van der Waals surface area contributed by atoms with Crippen LogP contribution in [-0.2, 0) is 4.74 Å². The Bertz CT molecular complexity index is 163. The molecule has 0 aromatic rings. The molecule has 0 aromatic heterocycles. The van der Waals surface area contributed by atoms with Crippen LogP contribution in [0.25, 0.3) is 0 Å². The lowest BCUT2D eigenvalue weighted by Crippen LogP contribution is -2.34. The molecule has 1 rings (SSSR count). The van der Waals surface area contributed by atoms with E-state index in [1.54, 1.807) is 0 Å². The van der Waals surface area contributed by atoms with Crippen molar-refractivity contribution in [3.63, 3.8) is 0 Å². The number of hydrogen-bond acceptors (Lipinski definition) is 2. The predicted molar refractivity (Wildman–Crippen MR) is 64.0 cm³/mol. The van der Waals surface area contributed by atoms with Gasteiger partial charge in [-0.05, 0) is 33.1 Å². The normalized spacial score (nSPS) is 31.7. The Kier molecular flexibility index (Phi) is 5.42. The Morgan fingerprint density at radius 2 is 2.14 bits per heavy atom. The molecule has 1 aliphatic heterocycles. The number of ether oxygens (including phenoxy) is 1. The lowest BCUT2D eigenvalue weighted by Gasteiger charge is -2.18. The summed E-state index contributed by atoms with van der Waals surface area (Å²) in [4.78, 5) is 0.591. The molecule has 0 saturated carbocycles. The molecule has 2 nitrogen and oxygen atoms in total. The lowest BCUT2D eigenvalue weighted by molar-refractivity contribution is 0.0545. The van der Waals surface area contributed by atoms with E-state index < -0.39 is 0 Å². The van der Waals surface area contributed by atoms with Gasteiger partial charge in [0.15, 0.2) is 0 Å². The molecular formula is C11H22BrNO. The molecule has 4 atom stereocenters. The van der Waals surface area contributed by atoms with Gasteiger partial charge in [-0.2, -0.15) is 0 Å². The van der Waals surface area contributed by atoms with Gasteiger partial charge in [0.25, 0.3) is 0 Å². The SMILES string of the molecule is CC(Br)CC(C)NCC1CCC(C)O1. The summed E-state index contributed by atoms with van der Waals surface area (Å²) in [5.74, 6) is 0. The van der Waals surface area contributed by atoms with E-state index in [0.717, 1.165) is 6.54 Å². The molecule has 1 N–H and O–H groups in total. The fourth-order valence-corrected chi connectivity index (χ4v) is 2.50. The minimum atomic E-state index is 0.443. The summed E-state index contributed by atoms with van der Waals surface area (Å²) in [7, 11) is 0. The van der Waals surface area contributed by atoms with Gasteiger partial charge >= 0.3 is 0 Å². The summed E-state index contributed by atoms with van der Waals surface area (Å²) in [6.07, 6.45) is 4.51. The number of hydrogen-bond donors (Lipinski definition) is 1. The Labute approximate surface area is 95.9 Å². The van der Waals surface area contributed by atoms with Gasteiger partial charge in [-0.15, -0.1) is 0 Å². The predicted octanol–water partition coefficient (Wildman–Crippen LogP) is 2.71. The highest BCUT2D eigenvalue weighted by molar-refractivity contribution is 9.09. The van der Waals surface area contributed by atoms with Gasteiger partial charge in [-0.25, -0.2) is 0 Å². The summed E-state index contributed by atoms with van der Waals surface area (Å²) in [6.45, 7) is 7.58. The van der Waals surface area contributed by atoms with Crippen molar-refractivity contribution in [3.8, 4) is 0 Å². The van der Waals surface area contributed by atoms with Crippen molar-refractivity contribution < 1.29 is 4.74 Å². The minimum Gasteiger partial charge on any atom is -0.374 e. The molecule has 4 unspecified atom stereocenters. The molecule has 0 bridgehead atoms. The van der Waals surface area contributed by atoms with Crippen LogP contribution in [0.4, 0.5) is 0 Å². The third-order valence-electron chi connectivity index (χ3n) is 2.69. The monoisotopic (exact) mass is 263 g/mol. The largest absolute Gasteiger partial charge is 0.374 e. The van der Waals surface area contributed by atoms with Crippen LogP contribution in [0.2, 0.25) is 0 Å². The fraction of sp³-hybridized carbons (Fsp3) is 1.00. The molecule has 3 heteroatoms. The van der Waals surface area contributed by atoms with Gasteiger partial charge in [0.1, 0.15) is 0 Å². The Morgan fingerprint density at radius 3 is 2.64 bits per heavy atom. The molecular weight excluding hydrogens is 242 g/mol. The van der Waals surface area contributed by atoms with Crippen LogP contribution in [0, 0.1) is 0 Å². The standard InChI is InChI=1S/C11H22BrNO/c1-8(12)6-9(2)13-7-11-5-4-10(3)14-11/h8-11,13H,4-7H2,1-3H3. The van der Waals surface area contributed by atoms with E-state index in [4.69, 9.17) is 4.74 Å². The summed E-state index contributed by atoms with van der Waals surface area (Å²) in [5.41, 5.74) is 0. The number of alkyl halides is 1. The van der Waals surface area contributed by atoms with Crippen LogP contribution in [0.5, 0.6) is 0 Å². The summed E-state index contributed by atoms with van der Waals surface area (Å²) >= 11 is 3.57. The molecule has 84 valence electrons. The fourth-order valence-electron chi connectivity index (χ4n) is 1.94. The Balaban J connectivity index is 2.08. The second kappa shape index (κ2) is 6.09. The van der Waals surface area contributed by atoms with E-state index in [1.165, 1.54) is 19.3 Å². The Hall–Kier alpha value is 0.400. The average molecular weight is 264 g/mol. The van der Waals surface area contributed by atoms with Crippen LogP contribution in [0.3, 0.4) is 0 Å². The zero-order valence-corrected chi connectivity index (χ0v) is 11.0. The third kappa shape index (κ3) is 4.76. The summed E-state index contributed by atoms with van der Waals surface area (Å²) in [5, 5.41) is 3.52. The lowest BCUT2D eigenvalue weighted by atomic mass is 10.1. The van der Waals surface area contributed by atoms with Crippen LogP contribution >= 0.6 is 15.9 Å². The smallest absolute Gasteiger partial charge is 0.0704 e. The molecule has 1 aliphatic rings. The summed E-state index contributed by atoms with van der Waals surface area (Å²) < 4.78 is 5.74. The first-order valence-electron chi connectivity index (χ1n) is 5.61. The van der Waals surface area contributed by atoms with Crippen molar-refractivity contribution in [3.05, 3.63) is 0 Å². The molecule has 14 heavy (non-hydrogen) atoms. The highest BCUT2D eigenvalue weighted by Gasteiger charge is 2.21.